The van der Waals surface area contributed by atoms with Gasteiger partial charge in [0, 0.05) is 11.0 Å². The molecule has 1 heterocycles. The van der Waals surface area contributed by atoms with Gasteiger partial charge in [0.2, 0.25) is 0 Å². The molecule has 0 aromatic heterocycles. The zero-order chi connectivity index (χ0) is 12.5. The highest BCUT2D eigenvalue weighted by atomic mass is 16.7. The van der Waals surface area contributed by atoms with Crippen LogP contribution in [0.2, 0.25) is 0 Å². The number of aliphatic hydroxyl groups excluding tert-OH is 1. The highest BCUT2D eigenvalue weighted by Gasteiger charge is 2.29. The SMILES string of the molecule is CC(O)c1ccc(C2OCC(C)(C)CO2)cc1. The van der Waals surface area contributed by atoms with Gasteiger partial charge in [0.25, 0.3) is 0 Å². The number of rotatable bonds is 2. The summed E-state index contributed by atoms with van der Waals surface area (Å²) in [5.74, 6) is 0. The van der Waals surface area contributed by atoms with Crippen LogP contribution in [0.25, 0.3) is 0 Å². The van der Waals surface area contributed by atoms with Crippen molar-refractivity contribution in [2.75, 3.05) is 13.2 Å². The Morgan fingerprint density at radius 2 is 1.71 bits per heavy atom. The molecule has 2 rings (SSSR count). The quantitative estimate of drug-likeness (QED) is 0.858. The van der Waals surface area contributed by atoms with Gasteiger partial charge in [-0.2, -0.15) is 0 Å². The monoisotopic (exact) mass is 236 g/mol. The highest BCUT2D eigenvalue weighted by molar-refractivity contribution is 5.24. The van der Waals surface area contributed by atoms with Gasteiger partial charge in [0.05, 0.1) is 19.3 Å². The van der Waals surface area contributed by atoms with Crippen molar-refractivity contribution >= 4 is 0 Å². The second-order valence-corrected chi connectivity index (χ2v) is 5.46. The van der Waals surface area contributed by atoms with Gasteiger partial charge in [-0.1, -0.05) is 38.1 Å². The van der Waals surface area contributed by atoms with E-state index in [0.29, 0.717) is 13.2 Å². The van der Waals surface area contributed by atoms with E-state index in [4.69, 9.17) is 9.47 Å². The average Bonchev–Trinajstić information content (AvgIpc) is 2.29. The Balaban J connectivity index is 2.04. The zero-order valence-corrected chi connectivity index (χ0v) is 10.6. The van der Waals surface area contributed by atoms with Crippen molar-refractivity contribution in [3.8, 4) is 0 Å². The Hall–Kier alpha value is -0.900. The predicted octanol–water partition coefficient (Wildman–Crippen LogP) is 2.81. The minimum atomic E-state index is -0.434. The van der Waals surface area contributed by atoms with E-state index in [9.17, 15) is 5.11 Å². The standard InChI is InChI=1S/C14H20O3/c1-10(15)11-4-6-12(7-5-11)13-16-8-14(2,3)9-17-13/h4-7,10,13,15H,8-9H2,1-3H3. The Bertz CT molecular complexity index is 358. The first-order valence-electron chi connectivity index (χ1n) is 5.99. The minimum absolute atomic E-state index is 0.0933. The first-order valence-corrected chi connectivity index (χ1v) is 5.99. The second kappa shape index (κ2) is 4.77. The Kier molecular flexibility index (Phi) is 3.52. The summed E-state index contributed by atoms with van der Waals surface area (Å²) in [5.41, 5.74) is 2.01. The lowest BCUT2D eigenvalue weighted by molar-refractivity contribution is -0.226. The molecule has 0 radical (unpaired) electrons. The molecule has 0 aliphatic carbocycles. The summed E-state index contributed by atoms with van der Waals surface area (Å²) in [6.07, 6.45) is -0.706. The van der Waals surface area contributed by atoms with Crippen molar-refractivity contribution in [3.05, 3.63) is 35.4 Å². The molecule has 94 valence electrons. The Labute approximate surface area is 102 Å². The van der Waals surface area contributed by atoms with Crippen LogP contribution >= 0.6 is 0 Å². The van der Waals surface area contributed by atoms with Gasteiger partial charge in [-0.05, 0) is 12.5 Å². The van der Waals surface area contributed by atoms with Crippen molar-refractivity contribution in [3.63, 3.8) is 0 Å². The van der Waals surface area contributed by atoms with Gasteiger partial charge in [-0.15, -0.1) is 0 Å². The van der Waals surface area contributed by atoms with Crippen LogP contribution in [0.1, 0.15) is 44.3 Å². The highest BCUT2D eigenvalue weighted by Crippen LogP contribution is 2.31. The Morgan fingerprint density at radius 1 is 1.18 bits per heavy atom. The minimum Gasteiger partial charge on any atom is -0.389 e. The zero-order valence-electron chi connectivity index (χ0n) is 10.6. The van der Waals surface area contributed by atoms with Gasteiger partial charge in [0.15, 0.2) is 6.29 Å². The lowest BCUT2D eigenvalue weighted by Gasteiger charge is -2.34. The van der Waals surface area contributed by atoms with Gasteiger partial charge >= 0.3 is 0 Å². The average molecular weight is 236 g/mol. The molecule has 1 fully saturated rings. The van der Waals surface area contributed by atoms with Crippen LogP contribution < -0.4 is 0 Å². The molecule has 1 atom stereocenters. The van der Waals surface area contributed by atoms with E-state index >= 15 is 0 Å². The third-order valence-corrected chi connectivity index (χ3v) is 2.94. The maximum absolute atomic E-state index is 9.43. The molecule has 17 heavy (non-hydrogen) atoms. The summed E-state index contributed by atoms with van der Waals surface area (Å²) in [4.78, 5) is 0. The molecule has 3 heteroatoms. The first-order chi connectivity index (χ1) is 7.98. The number of aliphatic hydroxyl groups is 1. The van der Waals surface area contributed by atoms with Crippen LogP contribution in [0, 0.1) is 5.41 Å². The molecule has 0 spiro atoms. The van der Waals surface area contributed by atoms with E-state index in [1.165, 1.54) is 0 Å². The van der Waals surface area contributed by atoms with Crippen LogP contribution in [0.15, 0.2) is 24.3 Å². The maximum Gasteiger partial charge on any atom is 0.183 e. The fraction of sp³-hybridized carbons (Fsp3) is 0.571. The van der Waals surface area contributed by atoms with Gasteiger partial charge in [-0.25, -0.2) is 0 Å². The lowest BCUT2D eigenvalue weighted by atomic mass is 9.95. The van der Waals surface area contributed by atoms with Gasteiger partial charge in [0.1, 0.15) is 0 Å². The smallest absolute Gasteiger partial charge is 0.183 e. The molecular weight excluding hydrogens is 216 g/mol. The van der Waals surface area contributed by atoms with Crippen LogP contribution in [0.5, 0.6) is 0 Å². The predicted molar refractivity (Wildman–Crippen MR) is 65.5 cm³/mol. The molecule has 1 aromatic carbocycles. The van der Waals surface area contributed by atoms with E-state index < -0.39 is 6.10 Å². The summed E-state index contributed by atoms with van der Waals surface area (Å²) in [7, 11) is 0. The lowest BCUT2D eigenvalue weighted by Crippen LogP contribution is -2.33. The van der Waals surface area contributed by atoms with Gasteiger partial charge in [-0.3, -0.25) is 0 Å². The number of ether oxygens (including phenoxy) is 2. The molecule has 3 nitrogen and oxygen atoms in total. The van der Waals surface area contributed by atoms with Crippen molar-refractivity contribution < 1.29 is 14.6 Å². The van der Waals surface area contributed by atoms with Crippen LogP contribution in [0.3, 0.4) is 0 Å². The van der Waals surface area contributed by atoms with Crippen molar-refractivity contribution in [1.29, 1.82) is 0 Å². The third-order valence-electron chi connectivity index (χ3n) is 2.94. The van der Waals surface area contributed by atoms with E-state index in [2.05, 4.69) is 13.8 Å². The van der Waals surface area contributed by atoms with Crippen LogP contribution in [-0.4, -0.2) is 18.3 Å². The first kappa shape index (κ1) is 12.6. The normalized spacial score (nSPS) is 22.4. The van der Waals surface area contributed by atoms with E-state index in [0.717, 1.165) is 11.1 Å². The molecule has 1 aliphatic rings. The van der Waals surface area contributed by atoms with Crippen molar-refractivity contribution in [1.82, 2.24) is 0 Å². The van der Waals surface area contributed by atoms with Crippen LogP contribution in [0.4, 0.5) is 0 Å². The number of benzene rings is 1. The molecule has 1 unspecified atom stereocenters. The summed E-state index contributed by atoms with van der Waals surface area (Å²) in [6.45, 7) is 7.41. The molecule has 1 N–H and O–H groups in total. The maximum atomic E-state index is 9.43. The van der Waals surface area contributed by atoms with E-state index in [-0.39, 0.29) is 11.7 Å². The largest absolute Gasteiger partial charge is 0.389 e. The van der Waals surface area contributed by atoms with Gasteiger partial charge < -0.3 is 14.6 Å². The fourth-order valence-electron chi connectivity index (χ4n) is 1.82. The second-order valence-electron chi connectivity index (χ2n) is 5.46. The molecule has 1 aliphatic heterocycles. The van der Waals surface area contributed by atoms with E-state index in [1.807, 2.05) is 24.3 Å². The van der Waals surface area contributed by atoms with E-state index in [1.54, 1.807) is 6.92 Å². The molecule has 1 saturated heterocycles. The number of hydrogen-bond acceptors (Lipinski definition) is 3. The molecule has 0 saturated carbocycles. The summed E-state index contributed by atoms with van der Waals surface area (Å²) < 4.78 is 11.4. The molecule has 1 aromatic rings. The summed E-state index contributed by atoms with van der Waals surface area (Å²) in [6, 6.07) is 7.72. The summed E-state index contributed by atoms with van der Waals surface area (Å²) in [5, 5.41) is 9.43. The van der Waals surface area contributed by atoms with Crippen molar-refractivity contribution in [2.24, 2.45) is 5.41 Å². The topological polar surface area (TPSA) is 38.7 Å². The molecule has 0 amide bonds. The van der Waals surface area contributed by atoms with Crippen molar-refractivity contribution in [2.45, 2.75) is 33.2 Å². The fourth-order valence-corrected chi connectivity index (χ4v) is 1.82. The number of hydrogen-bond donors (Lipinski definition) is 1. The molecular formula is C14H20O3. The van der Waals surface area contributed by atoms with Crippen LogP contribution in [-0.2, 0) is 9.47 Å². The Morgan fingerprint density at radius 3 is 2.18 bits per heavy atom. The molecule has 0 bridgehead atoms. The third kappa shape index (κ3) is 3.06. The summed E-state index contributed by atoms with van der Waals surface area (Å²) >= 11 is 0.